The van der Waals surface area contributed by atoms with Gasteiger partial charge in [0.25, 0.3) is 0 Å². The van der Waals surface area contributed by atoms with Gasteiger partial charge in [0.15, 0.2) is 11.5 Å². The smallest absolute Gasteiger partial charge is 0.172 e. The van der Waals surface area contributed by atoms with Crippen LogP contribution < -0.4 is 15.2 Å². The molecule has 1 aliphatic rings. The molecular weight excluding hydrogens is 266 g/mol. The van der Waals surface area contributed by atoms with E-state index in [1.807, 2.05) is 12.1 Å². The van der Waals surface area contributed by atoms with Gasteiger partial charge in [-0.05, 0) is 44.2 Å². The number of nitrogens with one attached hydrogen (secondary N) is 1. The van der Waals surface area contributed by atoms with E-state index in [-0.39, 0.29) is 6.10 Å². The van der Waals surface area contributed by atoms with Crippen LogP contribution >= 0.6 is 0 Å². The van der Waals surface area contributed by atoms with Crippen molar-refractivity contribution in [2.24, 2.45) is 5.73 Å². The summed E-state index contributed by atoms with van der Waals surface area (Å²) < 4.78 is 12.1. The number of H-pyrrole nitrogens is 1. The summed E-state index contributed by atoms with van der Waals surface area (Å²) in [6.45, 7) is 2.77. The lowest BCUT2D eigenvalue weighted by Crippen LogP contribution is -2.31. The van der Waals surface area contributed by atoms with Crippen LogP contribution in [0.15, 0.2) is 18.3 Å². The zero-order valence-corrected chi connectivity index (χ0v) is 12.5. The second kappa shape index (κ2) is 6.35. The number of benzene rings is 1. The van der Waals surface area contributed by atoms with Crippen molar-refractivity contribution >= 4 is 10.9 Å². The Balaban J connectivity index is 1.82. The maximum atomic E-state index is 6.19. The molecule has 2 aromatic rings. The van der Waals surface area contributed by atoms with Crippen molar-refractivity contribution < 1.29 is 9.47 Å². The van der Waals surface area contributed by atoms with E-state index in [0.29, 0.717) is 12.6 Å². The second-order valence-corrected chi connectivity index (χ2v) is 5.73. The number of hydrogen-bond acceptors (Lipinski definition) is 4. The Hall–Kier alpha value is -1.75. The van der Waals surface area contributed by atoms with Gasteiger partial charge in [-0.3, -0.25) is 5.10 Å². The van der Waals surface area contributed by atoms with Crippen molar-refractivity contribution in [3.8, 4) is 11.5 Å². The van der Waals surface area contributed by atoms with Crippen molar-refractivity contribution in [3.63, 3.8) is 0 Å². The molecule has 1 aromatic heterocycles. The van der Waals surface area contributed by atoms with Crippen LogP contribution in [0.25, 0.3) is 10.9 Å². The van der Waals surface area contributed by atoms with E-state index < -0.39 is 0 Å². The predicted octanol–water partition coefficient (Wildman–Crippen LogP) is 3.00. The average molecular weight is 289 g/mol. The molecule has 0 saturated heterocycles. The third-order valence-electron chi connectivity index (χ3n) is 4.00. The molecule has 1 aromatic carbocycles. The number of aromatic nitrogens is 2. The van der Waals surface area contributed by atoms with E-state index in [0.717, 1.165) is 54.5 Å². The quantitative estimate of drug-likeness (QED) is 0.887. The summed E-state index contributed by atoms with van der Waals surface area (Å²) in [6.07, 6.45) is 7.08. The van der Waals surface area contributed by atoms with Gasteiger partial charge >= 0.3 is 0 Å². The highest BCUT2D eigenvalue weighted by molar-refractivity contribution is 5.87. The first kappa shape index (κ1) is 14.2. The van der Waals surface area contributed by atoms with E-state index >= 15 is 0 Å². The number of rotatable bonds is 5. The lowest BCUT2D eigenvalue weighted by Gasteiger charge is -2.27. The van der Waals surface area contributed by atoms with Gasteiger partial charge in [-0.2, -0.15) is 5.10 Å². The van der Waals surface area contributed by atoms with Gasteiger partial charge in [0.1, 0.15) is 0 Å². The summed E-state index contributed by atoms with van der Waals surface area (Å²) in [5, 5.41) is 8.04. The fourth-order valence-electron chi connectivity index (χ4n) is 2.80. The molecule has 0 aliphatic heterocycles. The first-order valence-corrected chi connectivity index (χ1v) is 7.79. The molecule has 5 heteroatoms. The molecule has 0 bridgehead atoms. The molecule has 3 N–H and O–H groups in total. The first-order valence-electron chi connectivity index (χ1n) is 7.79. The van der Waals surface area contributed by atoms with Crippen LogP contribution in [0.2, 0.25) is 0 Å². The van der Waals surface area contributed by atoms with E-state index in [2.05, 4.69) is 17.1 Å². The topological polar surface area (TPSA) is 73.2 Å². The van der Waals surface area contributed by atoms with Crippen molar-refractivity contribution in [1.82, 2.24) is 10.2 Å². The number of fused-ring (bicyclic) bond motifs is 1. The van der Waals surface area contributed by atoms with Crippen molar-refractivity contribution in [2.75, 3.05) is 6.61 Å². The summed E-state index contributed by atoms with van der Waals surface area (Å²) in [5.41, 5.74) is 6.93. The van der Waals surface area contributed by atoms with E-state index in [9.17, 15) is 0 Å². The van der Waals surface area contributed by atoms with Gasteiger partial charge in [0, 0.05) is 6.04 Å². The van der Waals surface area contributed by atoms with E-state index in [1.165, 1.54) is 0 Å². The molecule has 3 rings (SSSR count). The first-order chi connectivity index (χ1) is 10.3. The second-order valence-electron chi connectivity index (χ2n) is 5.73. The highest BCUT2D eigenvalue weighted by Crippen LogP contribution is 2.37. The third-order valence-corrected chi connectivity index (χ3v) is 4.00. The zero-order valence-electron chi connectivity index (χ0n) is 12.5. The van der Waals surface area contributed by atoms with Gasteiger partial charge in [-0.15, -0.1) is 0 Å². The summed E-state index contributed by atoms with van der Waals surface area (Å²) >= 11 is 0. The third kappa shape index (κ3) is 3.13. The highest BCUT2D eigenvalue weighted by atomic mass is 16.5. The SMILES string of the molecule is CCCOc1c(OC2CCC(N)CC2)ccc2[nH]ncc12. The van der Waals surface area contributed by atoms with Gasteiger partial charge in [-0.25, -0.2) is 0 Å². The number of ether oxygens (including phenoxy) is 2. The Morgan fingerprint density at radius 1 is 1.29 bits per heavy atom. The number of aromatic amines is 1. The molecule has 5 nitrogen and oxygen atoms in total. The van der Waals surface area contributed by atoms with Crippen molar-refractivity contribution in [1.29, 1.82) is 0 Å². The molecular formula is C16H23N3O2. The summed E-state index contributed by atoms with van der Waals surface area (Å²) in [5.74, 6) is 1.62. The lowest BCUT2D eigenvalue weighted by atomic mass is 9.94. The predicted molar refractivity (Wildman–Crippen MR) is 82.7 cm³/mol. The molecule has 0 amide bonds. The van der Waals surface area contributed by atoms with Crippen LogP contribution in [0.3, 0.4) is 0 Å². The van der Waals surface area contributed by atoms with E-state index in [1.54, 1.807) is 6.20 Å². The fourth-order valence-corrected chi connectivity index (χ4v) is 2.80. The molecule has 0 spiro atoms. The van der Waals surface area contributed by atoms with E-state index in [4.69, 9.17) is 15.2 Å². The summed E-state index contributed by atoms with van der Waals surface area (Å²) in [4.78, 5) is 0. The number of nitrogens with zero attached hydrogens (tertiary/aromatic N) is 1. The van der Waals surface area contributed by atoms with Crippen LogP contribution in [0, 0.1) is 0 Å². The Morgan fingerprint density at radius 2 is 2.10 bits per heavy atom. The molecule has 0 radical (unpaired) electrons. The molecule has 114 valence electrons. The van der Waals surface area contributed by atoms with Crippen LogP contribution in [-0.2, 0) is 0 Å². The van der Waals surface area contributed by atoms with Crippen molar-refractivity contribution in [2.45, 2.75) is 51.2 Å². The van der Waals surface area contributed by atoms with Gasteiger partial charge in [-0.1, -0.05) is 6.92 Å². The fraction of sp³-hybridized carbons (Fsp3) is 0.562. The molecule has 1 heterocycles. The Kier molecular flexibility index (Phi) is 4.29. The highest BCUT2D eigenvalue weighted by Gasteiger charge is 2.22. The maximum Gasteiger partial charge on any atom is 0.172 e. The molecule has 1 fully saturated rings. The molecule has 0 atom stereocenters. The Labute approximate surface area is 124 Å². The van der Waals surface area contributed by atoms with Crippen molar-refractivity contribution in [3.05, 3.63) is 18.3 Å². The molecule has 1 aliphatic carbocycles. The molecule has 21 heavy (non-hydrogen) atoms. The zero-order chi connectivity index (χ0) is 14.7. The summed E-state index contributed by atoms with van der Waals surface area (Å²) in [6, 6.07) is 4.29. The normalized spacial score (nSPS) is 22.4. The van der Waals surface area contributed by atoms with Crippen LogP contribution in [-0.4, -0.2) is 29.0 Å². The standard InChI is InChI=1S/C16H23N3O2/c1-2-9-20-16-13-10-18-19-14(13)7-8-15(16)21-12-5-3-11(17)4-6-12/h7-8,10-12H,2-6,9,17H2,1H3,(H,18,19). The summed E-state index contributed by atoms with van der Waals surface area (Å²) in [7, 11) is 0. The van der Waals surface area contributed by atoms with Gasteiger partial charge in [0.05, 0.1) is 29.8 Å². The van der Waals surface area contributed by atoms with Crippen LogP contribution in [0.1, 0.15) is 39.0 Å². The number of hydrogen-bond donors (Lipinski definition) is 2. The number of nitrogens with two attached hydrogens (primary N) is 1. The average Bonchev–Trinajstić information content (AvgIpc) is 2.97. The lowest BCUT2D eigenvalue weighted by molar-refractivity contribution is 0.140. The van der Waals surface area contributed by atoms with Gasteiger partial charge in [0.2, 0.25) is 0 Å². The van der Waals surface area contributed by atoms with Crippen LogP contribution in [0.4, 0.5) is 0 Å². The molecule has 1 saturated carbocycles. The van der Waals surface area contributed by atoms with Gasteiger partial charge < -0.3 is 15.2 Å². The molecule has 0 unspecified atom stereocenters. The van der Waals surface area contributed by atoms with Crippen LogP contribution in [0.5, 0.6) is 11.5 Å². The minimum absolute atomic E-state index is 0.234. The minimum atomic E-state index is 0.234. The Bertz CT molecular complexity index is 588. The minimum Gasteiger partial charge on any atom is -0.489 e. The largest absolute Gasteiger partial charge is 0.489 e. The monoisotopic (exact) mass is 289 g/mol. The maximum absolute atomic E-state index is 6.19. The Morgan fingerprint density at radius 3 is 2.86 bits per heavy atom.